The Kier molecular flexibility index (Phi) is 4.61. The van der Waals surface area contributed by atoms with Crippen LogP contribution in [0.1, 0.15) is 28.4 Å². The van der Waals surface area contributed by atoms with Gasteiger partial charge in [0.1, 0.15) is 6.33 Å². The Morgan fingerprint density at radius 1 is 1.14 bits per heavy atom. The molecule has 1 aliphatic heterocycles. The van der Waals surface area contributed by atoms with Gasteiger partial charge in [0.2, 0.25) is 5.95 Å². The summed E-state index contributed by atoms with van der Waals surface area (Å²) in [6.07, 6.45) is 11.1. The molecule has 1 atom stereocenters. The number of rotatable bonds is 4. The zero-order valence-electron chi connectivity index (χ0n) is 16.7. The van der Waals surface area contributed by atoms with Crippen molar-refractivity contribution in [2.75, 3.05) is 19.6 Å². The average Bonchev–Trinajstić information content (AvgIpc) is 3.39. The minimum absolute atomic E-state index is 0.303. The third-order valence-corrected chi connectivity index (χ3v) is 5.65. The highest BCUT2D eigenvalue weighted by atomic mass is 16.3. The van der Waals surface area contributed by atoms with E-state index >= 15 is 0 Å². The fraction of sp³-hybridized carbons (Fsp3) is 0.318. The van der Waals surface area contributed by atoms with Gasteiger partial charge in [-0.05, 0) is 25.0 Å². The third-order valence-electron chi connectivity index (χ3n) is 5.65. The van der Waals surface area contributed by atoms with Gasteiger partial charge in [0, 0.05) is 67.1 Å². The van der Waals surface area contributed by atoms with E-state index in [1.807, 2.05) is 42.6 Å². The molecule has 0 bridgehead atoms. The minimum Gasteiger partial charge on any atom is -0.471 e. The molecule has 1 aliphatic rings. The largest absolute Gasteiger partial charge is 0.471 e. The van der Waals surface area contributed by atoms with Crippen molar-refractivity contribution in [3.8, 4) is 5.95 Å². The number of fused-ring (bicyclic) bond motifs is 1. The highest BCUT2D eigenvalue weighted by molar-refractivity contribution is 5.85. The summed E-state index contributed by atoms with van der Waals surface area (Å²) in [4.78, 5) is 15.7. The molecule has 7 nitrogen and oxygen atoms in total. The monoisotopic (exact) mass is 388 g/mol. The van der Waals surface area contributed by atoms with E-state index in [1.165, 1.54) is 16.5 Å². The van der Waals surface area contributed by atoms with Gasteiger partial charge >= 0.3 is 0 Å². The van der Waals surface area contributed by atoms with Crippen molar-refractivity contribution in [1.29, 1.82) is 0 Å². The molecule has 0 unspecified atom stereocenters. The molecule has 5 rings (SSSR count). The van der Waals surface area contributed by atoms with Crippen LogP contribution in [0.3, 0.4) is 0 Å². The van der Waals surface area contributed by atoms with Gasteiger partial charge in [-0.1, -0.05) is 12.1 Å². The molecule has 0 amide bonds. The molecule has 1 saturated heterocycles. The predicted octanol–water partition coefficient (Wildman–Crippen LogP) is 3.17. The first-order chi connectivity index (χ1) is 14.2. The van der Waals surface area contributed by atoms with Crippen molar-refractivity contribution in [2.24, 2.45) is 0 Å². The van der Waals surface area contributed by atoms with Gasteiger partial charge in [0.25, 0.3) is 0 Å². The number of aryl methyl sites for hydroxylation is 2. The lowest BCUT2D eigenvalue weighted by molar-refractivity contribution is 0.192. The fourth-order valence-corrected chi connectivity index (χ4v) is 4.09. The second kappa shape index (κ2) is 7.42. The average molecular weight is 388 g/mol. The molecule has 148 valence electrons. The van der Waals surface area contributed by atoms with Crippen LogP contribution in [0.15, 0.2) is 54.0 Å². The highest BCUT2D eigenvalue weighted by Gasteiger charge is 2.23. The van der Waals surface area contributed by atoms with Crippen molar-refractivity contribution >= 4 is 10.8 Å². The topological polar surface area (TPSA) is 72.0 Å². The van der Waals surface area contributed by atoms with E-state index in [0.29, 0.717) is 12.0 Å². The molecular weight excluding hydrogens is 364 g/mol. The smallest absolute Gasteiger partial charge is 0.234 e. The van der Waals surface area contributed by atoms with Crippen LogP contribution in [0.4, 0.5) is 0 Å². The number of benzene rings is 1. The Hall–Kier alpha value is -3.03. The Morgan fingerprint density at radius 3 is 2.79 bits per heavy atom. The first kappa shape index (κ1) is 18.0. The molecular formula is C22H24N6O. The number of nitrogens with zero attached hydrogens (tertiary/aromatic N) is 5. The number of hydrogen-bond acceptors (Lipinski definition) is 6. The van der Waals surface area contributed by atoms with Gasteiger partial charge in [-0.25, -0.2) is 15.0 Å². The number of piperazine rings is 1. The first-order valence-corrected chi connectivity index (χ1v) is 9.90. The second-order valence-electron chi connectivity index (χ2n) is 7.71. The molecule has 7 heteroatoms. The van der Waals surface area contributed by atoms with Crippen LogP contribution in [-0.2, 0) is 6.54 Å². The third kappa shape index (κ3) is 3.54. The molecule has 3 aromatic heterocycles. The lowest BCUT2D eigenvalue weighted by Gasteiger charge is -2.34. The number of furan rings is 1. The number of aromatic nitrogens is 4. The van der Waals surface area contributed by atoms with E-state index in [9.17, 15) is 0 Å². The van der Waals surface area contributed by atoms with E-state index in [4.69, 9.17) is 4.42 Å². The van der Waals surface area contributed by atoms with E-state index in [0.717, 1.165) is 42.8 Å². The van der Waals surface area contributed by atoms with Crippen LogP contribution in [-0.4, -0.2) is 44.1 Å². The summed E-state index contributed by atoms with van der Waals surface area (Å²) < 4.78 is 7.22. The van der Waals surface area contributed by atoms with Crippen molar-refractivity contribution in [1.82, 2.24) is 29.7 Å². The molecule has 1 aromatic carbocycles. The van der Waals surface area contributed by atoms with E-state index in [-0.39, 0.29) is 0 Å². The lowest BCUT2D eigenvalue weighted by Crippen LogP contribution is -2.45. The van der Waals surface area contributed by atoms with Crippen molar-refractivity contribution in [3.63, 3.8) is 0 Å². The zero-order valence-corrected chi connectivity index (χ0v) is 16.7. The van der Waals surface area contributed by atoms with Crippen molar-refractivity contribution in [3.05, 3.63) is 72.0 Å². The standard InChI is InChI=1S/C22H24N6O/c1-15-9-28(14-26-15)22-24-7-17(8-25-22)10-27-6-5-23-21(11-27)19-4-3-18-12-29-13-20(18)16(19)2/h3-4,7-9,12-14,21,23H,5-6,10-11H2,1-2H3/t21-/m0/s1. The SMILES string of the molecule is Cc1cn(-c2ncc(CN3CCN[C@H](c4ccc5cocc5c4C)C3)cn2)cn1. The number of nitrogens with one attached hydrogen (secondary N) is 1. The summed E-state index contributed by atoms with van der Waals surface area (Å²) in [6, 6.07) is 4.67. The van der Waals surface area contributed by atoms with Crippen LogP contribution in [0.5, 0.6) is 0 Å². The molecule has 1 fully saturated rings. The van der Waals surface area contributed by atoms with Crippen LogP contribution < -0.4 is 5.32 Å². The summed E-state index contributed by atoms with van der Waals surface area (Å²) in [5, 5.41) is 6.02. The fourth-order valence-electron chi connectivity index (χ4n) is 4.09. The van der Waals surface area contributed by atoms with Gasteiger partial charge in [-0.15, -0.1) is 0 Å². The maximum absolute atomic E-state index is 5.38. The van der Waals surface area contributed by atoms with Crippen LogP contribution >= 0.6 is 0 Å². The maximum atomic E-state index is 5.38. The summed E-state index contributed by atoms with van der Waals surface area (Å²) in [7, 11) is 0. The van der Waals surface area contributed by atoms with Gasteiger partial charge in [-0.3, -0.25) is 9.47 Å². The summed E-state index contributed by atoms with van der Waals surface area (Å²) in [5.41, 5.74) is 4.70. The summed E-state index contributed by atoms with van der Waals surface area (Å²) in [6.45, 7) is 7.89. The molecule has 0 radical (unpaired) electrons. The van der Waals surface area contributed by atoms with E-state index in [1.54, 1.807) is 6.33 Å². The number of imidazole rings is 1. The Morgan fingerprint density at radius 2 is 2.00 bits per heavy atom. The van der Waals surface area contributed by atoms with Gasteiger partial charge in [-0.2, -0.15) is 0 Å². The number of hydrogen-bond donors (Lipinski definition) is 1. The summed E-state index contributed by atoms with van der Waals surface area (Å²) in [5.74, 6) is 0.650. The maximum Gasteiger partial charge on any atom is 0.234 e. The Labute approximate surface area is 169 Å². The second-order valence-corrected chi connectivity index (χ2v) is 7.71. The highest BCUT2D eigenvalue weighted by Crippen LogP contribution is 2.28. The first-order valence-electron chi connectivity index (χ1n) is 9.90. The Bertz CT molecular complexity index is 1130. The van der Waals surface area contributed by atoms with Gasteiger partial charge < -0.3 is 9.73 Å². The predicted molar refractivity (Wildman–Crippen MR) is 111 cm³/mol. The van der Waals surface area contributed by atoms with Crippen LogP contribution in [0.25, 0.3) is 16.7 Å². The molecule has 0 aliphatic carbocycles. The van der Waals surface area contributed by atoms with Crippen LogP contribution in [0.2, 0.25) is 0 Å². The quantitative estimate of drug-likeness (QED) is 0.579. The van der Waals surface area contributed by atoms with E-state index in [2.05, 4.69) is 44.2 Å². The Balaban J connectivity index is 1.30. The summed E-state index contributed by atoms with van der Waals surface area (Å²) >= 11 is 0. The lowest BCUT2D eigenvalue weighted by atomic mass is 9.96. The molecule has 29 heavy (non-hydrogen) atoms. The van der Waals surface area contributed by atoms with Gasteiger partial charge in [0.05, 0.1) is 18.2 Å². The van der Waals surface area contributed by atoms with Crippen molar-refractivity contribution < 1.29 is 4.42 Å². The van der Waals surface area contributed by atoms with Crippen molar-refractivity contribution in [2.45, 2.75) is 26.4 Å². The van der Waals surface area contributed by atoms with Gasteiger partial charge in [0.15, 0.2) is 0 Å². The van der Waals surface area contributed by atoms with Crippen LogP contribution in [0, 0.1) is 13.8 Å². The molecule has 1 N–H and O–H groups in total. The normalized spacial score (nSPS) is 17.8. The minimum atomic E-state index is 0.303. The van der Waals surface area contributed by atoms with E-state index < -0.39 is 0 Å². The molecule has 4 heterocycles. The molecule has 4 aromatic rings. The zero-order chi connectivity index (χ0) is 19.8. The molecule has 0 spiro atoms. The molecule has 0 saturated carbocycles.